The number of allylic oxidation sites excluding steroid dienone is 1. The van der Waals surface area contributed by atoms with Crippen LogP contribution in [0.5, 0.6) is 0 Å². The molecule has 0 radical (unpaired) electrons. The Kier molecular flexibility index (Phi) is 8.76. The van der Waals surface area contributed by atoms with Gasteiger partial charge in [0.1, 0.15) is 0 Å². The number of nitrogens with zero attached hydrogens (tertiary/aromatic N) is 1. The maximum absolute atomic E-state index is 8.98. The highest BCUT2D eigenvalue weighted by molar-refractivity contribution is 4.87. The van der Waals surface area contributed by atoms with Crippen LogP contribution in [-0.4, -0.2) is 13.2 Å². The molecular weight excluding hydrogens is 282 g/mol. The number of ether oxygens (including phenoxy) is 1. The maximum Gasteiger partial charge on any atom is 0.0655 e. The van der Waals surface area contributed by atoms with Crippen LogP contribution in [0.1, 0.15) is 77.6 Å². The first-order chi connectivity index (χ1) is 11.3. The van der Waals surface area contributed by atoms with Crippen molar-refractivity contribution in [1.29, 1.82) is 5.26 Å². The third kappa shape index (κ3) is 7.08. The molecule has 2 nitrogen and oxygen atoms in total. The summed E-state index contributed by atoms with van der Waals surface area (Å²) >= 11 is 0. The molecule has 0 aromatic carbocycles. The molecule has 0 aromatic rings. The number of rotatable bonds is 8. The minimum Gasteiger partial charge on any atom is -0.377 e. The third-order valence-corrected chi connectivity index (χ3v) is 5.95. The minimum absolute atomic E-state index is 0.355. The van der Waals surface area contributed by atoms with Gasteiger partial charge in [0.05, 0.1) is 12.7 Å². The molecule has 2 fully saturated rings. The molecule has 2 aliphatic carbocycles. The summed E-state index contributed by atoms with van der Waals surface area (Å²) in [5, 5.41) is 8.98. The molecule has 2 saturated carbocycles. The van der Waals surface area contributed by atoms with E-state index in [4.69, 9.17) is 10.00 Å². The van der Waals surface area contributed by atoms with Gasteiger partial charge in [0.25, 0.3) is 0 Å². The van der Waals surface area contributed by atoms with E-state index >= 15 is 0 Å². The first kappa shape index (κ1) is 18.5. The van der Waals surface area contributed by atoms with Crippen molar-refractivity contribution in [2.75, 3.05) is 13.2 Å². The highest BCUT2D eigenvalue weighted by Gasteiger charge is 2.24. The molecule has 0 amide bonds. The van der Waals surface area contributed by atoms with Crippen LogP contribution in [0.3, 0.4) is 0 Å². The normalized spacial score (nSPS) is 32.0. The molecular formula is C21H35NO. The van der Waals surface area contributed by atoms with Crippen LogP contribution >= 0.6 is 0 Å². The average Bonchev–Trinajstić information content (AvgIpc) is 2.61. The van der Waals surface area contributed by atoms with Crippen LogP contribution in [0.15, 0.2) is 12.2 Å². The van der Waals surface area contributed by atoms with Gasteiger partial charge < -0.3 is 4.74 Å². The predicted molar refractivity (Wildman–Crippen MR) is 96.0 cm³/mol. The Labute approximate surface area is 143 Å². The monoisotopic (exact) mass is 317 g/mol. The number of nitriles is 1. The van der Waals surface area contributed by atoms with Gasteiger partial charge in [-0.3, -0.25) is 0 Å². The summed E-state index contributed by atoms with van der Waals surface area (Å²) in [6.07, 6.45) is 18.7. The molecule has 0 spiro atoms. The van der Waals surface area contributed by atoms with Gasteiger partial charge in [-0.05, 0) is 62.7 Å². The Morgan fingerprint density at radius 3 is 2.00 bits per heavy atom. The van der Waals surface area contributed by atoms with E-state index in [1.165, 1.54) is 51.4 Å². The van der Waals surface area contributed by atoms with E-state index in [1.54, 1.807) is 0 Å². The topological polar surface area (TPSA) is 33.0 Å². The molecule has 0 heterocycles. The molecule has 0 saturated heterocycles. The summed E-state index contributed by atoms with van der Waals surface area (Å²) in [5.41, 5.74) is 0. The Morgan fingerprint density at radius 1 is 0.870 bits per heavy atom. The van der Waals surface area contributed by atoms with Crippen molar-refractivity contribution in [1.82, 2.24) is 0 Å². The molecule has 2 aliphatic rings. The molecule has 0 bridgehead atoms. The van der Waals surface area contributed by atoms with E-state index in [0.717, 1.165) is 50.2 Å². The lowest BCUT2D eigenvalue weighted by molar-refractivity contribution is 0.0935. The summed E-state index contributed by atoms with van der Waals surface area (Å²) in [5.74, 6) is 3.02. The summed E-state index contributed by atoms with van der Waals surface area (Å²) in [7, 11) is 0. The average molecular weight is 318 g/mol. The van der Waals surface area contributed by atoms with Gasteiger partial charge in [-0.25, -0.2) is 0 Å². The van der Waals surface area contributed by atoms with Gasteiger partial charge in [0.15, 0.2) is 0 Å². The van der Waals surface area contributed by atoms with Gasteiger partial charge >= 0.3 is 0 Å². The van der Waals surface area contributed by atoms with Crippen LogP contribution in [0.25, 0.3) is 0 Å². The summed E-state index contributed by atoms with van der Waals surface area (Å²) in [4.78, 5) is 0. The first-order valence-electron chi connectivity index (χ1n) is 9.94. The summed E-state index contributed by atoms with van der Waals surface area (Å²) in [6, 6.07) is 2.45. The van der Waals surface area contributed by atoms with Crippen molar-refractivity contribution >= 4 is 0 Å². The Morgan fingerprint density at radius 2 is 1.43 bits per heavy atom. The largest absolute Gasteiger partial charge is 0.377 e. The fourth-order valence-corrected chi connectivity index (χ4v) is 4.28. The summed E-state index contributed by atoms with van der Waals surface area (Å²) in [6.45, 7) is 3.91. The molecule has 0 aromatic heterocycles. The van der Waals surface area contributed by atoms with Crippen LogP contribution in [-0.2, 0) is 4.74 Å². The molecule has 0 atom stereocenters. The van der Waals surface area contributed by atoms with E-state index in [9.17, 15) is 0 Å². The lowest BCUT2D eigenvalue weighted by Crippen LogP contribution is -2.20. The summed E-state index contributed by atoms with van der Waals surface area (Å²) < 4.78 is 5.77. The molecule has 2 heteroatoms. The predicted octanol–water partition coefficient (Wildman–Crippen LogP) is 5.89. The van der Waals surface area contributed by atoms with Crippen molar-refractivity contribution in [3.05, 3.63) is 12.2 Å². The second-order valence-corrected chi connectivity index (χ2v) is 7.73. The molecule has 0 aliphatic heterocycles. The standard InChI is InChI=1S/C21H35NO/c1-2-3-4-15-23-17-21-13-9-19(10-14-21)6-5-18-7-11-20(16-22)12-8-18/h3-4,18-21H,2,5-15,17H2,1H3/b4-3-. The maximum atomic E-state index is 8.98. The van der Waals surface area contributed by atoms with Gasteiger partial charge in [0.2, 0.25) is 0 Å². The fraction of sp³-hybridized carbons (Fsp3) is 0.857. The zero-order valence-corrected chi connectivity index (χ0v) is 15.0. The fourth-order valence-electron chi connectivity index (χ4n) is 4.28. The smallest absolute Gasteiger partial charge is 0.0655 e. The zero-order chi connectivity index (χ0) is 16.3. The quantitative estimate of drug-likeness (QED) is 0.413. The van der Waals surface area contributed by atoms with Crippen LogP contribution < -0.4 is 0 Å². The van der Waals surface area contributed by atoms with Gasteiger partial charge in [0, 0.05) is 12.5 Å². The molecule has 0 unspecified atom stereocenters. The number of hydrogen-bond acceptors (Lipinski definition) is 2. The molecule has 2 rings (SSSR count). The second-order valence-electron chi connectivity index (χ2n) is 7.73. The second kappa shape index (κ2) is 10.9. The van der Waals surface area contributed by atoms with E-state index in [0.29, 0.717) is 5.92 Å². The van der Waals surface area contributed by atoms with Gasteiger partial charge in [-0.1, -0.05) is 44.8 Å². The molecule has 0 N–H and O–H groups in total. The first-order valence-corrected chi connectivity index (χ1v) is 9.94. The van der Waals surface area contributed by atoms with Crippen molar-refractivity contribution < 1.29 is 4.74 Å². The van der Waals surface area contributed by atoms with Crippen LogP contribution in [0, 0.1) is 35.0 Å². The van der Waals surface area contributed by atoms with Crippen LogP contribution in [0.4, 0.5) is 0 Å². The van der Waals surface area contributed by atoms with E-state index in [2.05, 4.69) is 25.1 Å². The lowest BCUT2D eigenvalue weighted by atomic mass is 9.76. The molecule has 130 valence electrons. The van der Waals surface area contributed by atoms with E-state index < -0.39 is 0 Å². The number of hydrogen-bond donors (Lipinski definition) is 0. The van der Waals surface area contributed by atoms with E-state index in [-0.39, 0.29) is 0 Å². The van der Waals surface area contributed by atoms with Crippen molar-refractivity contribution in [2.24, 2.45) is 23.7 Å². The van der Waals surface area contributed by atoms with Crippen molar-refractivity contribution in [3.8, 4) is 6.07 Å². The molecule has 23 heavy (non-hydrogen) atoms. The van der Waals surface area contributed by atoms with Crippen molar-refractivity contribution in [2.45, 2.75) is 77.6 Å². The van der Waals surface area contributed by atoms with Crippen molar-refractivity contribution in [3.63, 3.8) is 0 Å². The highest BCUT2D eigenvalue weighted by Crippen LogP contribution is 2.36. The lowest BCUT2D eigenvalue weighted by Gasteiger charge is -2.30. The Hall–Kier alpha value is -0.810. The van der Waals surface area contributed by atoms with E-state index in [1.807, 2.05) is 0 Å². The van der Waals surface area contributed by atoms with Gasteiger partial charge in [-0.15, -0.1) is 0 Å². The Balaban J connectivity index is 1.51. The van der Waals surface area contributed by atoms with Crippen LogP contribution in [0.2, 0.25) is 0 Å². The SMILES string of the molecule is CC/C=C\COCC1CCC(CCC2CCC(C#N)CC2)CC1. The highest BCUT2D eigenvalue weighted by atomic mass is 16.5. The third-order valence-electron chi connectivity index (χ3n) is 5.95. The zero-order valence-electron chi connectivity index (χ0n) is 15.0. The Bertz CT molecular complexity index is 368. The van der Waals surface area contributed by atoms with Gasteiger partial charge in [-0.2, -0.15) is 5.26 Å². The minimum atomic E-state index is 0.355.